The standard InChI is InChI=1S/C19H22N4OS/c1-13(17-11-20-23(3)14(17)2)21-18(24)10-16-12-25-19(22-16)9-15-7-5-4-6-8-15/h4-8,11-13H,9-10H2,1-3H3,(H,21,24)/t13-/m0/s1. The van der Waals surface area contributed by atoms with Gasteiger partial charge in [-0.05, 0) is 19.4 Å². The van der Waals surface area contributed by atoms with E-state index in [1.165, 1.54) is 5.56 Å². The maximum absolute atomic E-state index is 12.3. The smallest absolute Gasteiger partial charge is 0.226 e. The van der Waals surface area contributed by atoms with E-state index in [1.54, 1.807) is 17.5 Å². The molecule has 2 aromatic heterocycles. The average molecular weight is 354 g/mol. The van der Waals surface area contributed by atoms with Gasteiger partial charge in [-0.3, -0.25) is 9.48 Å². The highest BCUT2D eigenvalue weighted by atomic mass is 32.1. The highest BCUT2D eigenvalue weighted by Gasteiger charge is 2.15. The van der Waals surface area contributed by atoms with Crippen LogP contribution < -0.4 is 5.32 Å². The number of aryl methyl sites for hydroxylation is 1. The molecule has 1 amide bonds. The van der Waals surface area contributed by atoms with Crippen LogP contribution in [0.3, 0.4) is 0 Å². The molecule has 0 radical (unpaired) electrons. The van der Waals surface area contributed by atoms with Gasteiger partial charge in [0.15, 0.2) is 0 Å². The Morgan fingerprint density at radius 3 is 2.76 bits per heavy atom. The molecule has 1 N–H and O–H groups in total. The lowest BCUT2D eigenvalue weighted by molar-refractivity contribution is -0.121. The molecule has 0 saturated carbocycles. The molecule has 0 unspecified atom stereocenters. The van der Waals surface area contributed by atoms with Crippen molar-refractivity contribution in [2.45, 2.75) is 32.7 Å². The fraction of sp³-hybridized carbons (Fsp3) is 0.316. The van der Waals surface area contributed by atoms with Crippen molar-refractivity contribution < 1.29 is 4.79 Å². The Hall–Kier alpha value is -2.47. The van der Waals surface area contributed by atoms with Gasteiger partial charge in [0, 0.05) is 30.1 Å². The Kier molecular flexibility index (Phi) is 5.28. The highest BCUT2D eigenvalue weighted by molar-refractivity contribution is 7.09. The number of thiazole rings is 1. The third-order valence-corrected chi connectivity index (χ3v) is 5.15. The molecule has 0 fully saturated rings. The first-order valence-corrected chi connectivity index (χ1v) is 9.16. The van der Waals surface area contributed by atoms with Gasteiger partial charge >= 0.3 is 0 Å². The number of hydrogen-bond acceptors (Lipinski definition) is 4. The fourth-order valence-electron chi connectivity index (χ4n) is 2.76. The number of hydrogen-bond donors (Lipinski definition) is 1. The number of amides is 1. The zero-order chi connectivity index (χ0) is 17.8. The predicted molar refractivity (Wildman–Crippen MR) is 99.6 cm³/mol. The Labute approximate surface area is 151 Å². The topological polar surface area (TPSA) is 59.8 Å². The molecule has 2 heterocycles. The molecule has 0 aliphatic carbocycles. The van der Waals surface area contributed by atoms with Crippen LogP contribution in [0.4, 0.5) is 0 Å². The minimum Gasteiger partial charge on any atom is -0.349 e. The van der Waals surface area contributed by atoms with Crippen molar-refractivity contribution in [2.75, 3.05) is 0 Å². The van der Waals surface area contributed by atoms with Gasteiger partial charge in [0.2, 0.25) is 5.91 Å². The third-order valence-electron chi connectivity index (χ3n) is 4.26. The average Bonchev–Trinajstić information content (AvgIpc) is 3.15. The first-order chi connectivity index (χ1) is 12.0. The SMILES string of the molecule is Cc1c([C@H](C)NC(=O)Cc2csc(Cc3ccccc3)n2)cnn1C. The molecule has 1 atom stereocenters. The van der Waals surface area contributed by atoms with E-state index in [9.17, 15) is 4.79 Å². The van der Waals surface area contributed by atoms with Crippen molar-refractivity contribution in [3.8, 4) is 0 Å². The van der Waals surface area contributed by atoms with Crippen LogP contribution in [0.1, 0.15) is 40.5 Å². The van der Waals surface area contributed by atoms with E-state index in [2.05, 4.69) is 27.5 Å². The summed E-state index contributed by atoms with van der Waals surface area (Å²) in [5, 5.41) is 10.3. The van der Waals surface area contributed by atoms with Crippen LogP contribution >= 0.6 is 11.3 Å². The van der Waals surface area contributed by atoms with E-state index in [4.69, 9.17) is 0 Å². The lowest BCUT2D eigenvalue weighted by Crippen LogP contribution is -2.28. The van der Waals surface area contributed by atoms with Gasteiger partial charge < -0.3 is 5.32 Å². The molecule has 5 nitrogen and oxygen atoms in total. The van der Waals surface area contributed by atoms with Crippen LogP contribution in [-0.2, 0) is 24.7 Å². The minimum atomic E-state index is -0.0661. The zero-order valence-electron chi connectivity index (χ0n) is 14.7. The second kappa shape index (κ2) is 7.61. The lowest BCUT2D eigenvalue weighted by atomic mass is 10.1. The molecule has 1 aromatic carbocycles. The Morgan fingerprint density at radius 2 is 2.08 bits per heavy atom. The van der Waals surface area contributed by atoms with Gasteiger partial charge in [0.05, 0.1) is 29.4 Å². The summed E-state index contributed by atoms with van der Waals surface area (Å²) >= 11 is 1.60. The van der Waals surface area contributed by atoms with E-state index in [1.807, 2.05) is 49.2 Å². The summed E-state index contributed by atoms with van der Waals surface area (Å²) in [5.41, 5.74) is 4.16. The number of nitrogens with one attached hydrogen (secondary N) is 1. The van der Waals surface area contributed by atoms with Crippen molar-refractivity contribution in [1.29, 1.82) is 0 Å². The molecule has 25 heavy (non-hydrogen) atoms. The van der Waals surface area contributed by atoms with Crippen LogP contribution in [0.25, 0.3) is 0 Å². The van der Waals surface area contributed by atoms with E-state index in [0.717, 1.165) is 28.4 Å². The van der Waals surface area contributed by atoms with Gasteiger partial charge in [-0.2, -0.15) is 5.10 Å². The van der Waals surface area contributed by atoms with Crippen LogP contribution in [-0.4, -0.2) is 20.7 Å². The Balaban J connectivity index is 1.57. The number of aromatic nitrogens is 3. The molecule has 3 aromatic rings. The van der Waals surface area contributed by atoms with Crippen molar-refractivity contribution in [3.63, 3.8) is 0 Å². The molecule has 0 aliphatic heterocycles. The maximum Gasteiger partial charge on any atom is 0.226 e. The molecule has 0 saturated heterocycles. The fourth-order valence-corrected chi connectivity index (χ4v) is 3.59. The van der Waals surface area contributed by atoms with Crippen LogP contribution in [0, 0.1) is 6.92 Å². The van der Waals surface area contributed by atoms with E-state index in [0.29, 0.717) is 6.42 Å². The van der Waals surface area contributed by atoms with Gasteiger partial charge in [0.25, 0.3) is 0 Å². The Bertz CT molecular complexity index is 853. The number of carbonyl (C=O) groups excluding carboxylic acids is 1. The van der Waals surface area contributed by atoms with Crippen molar-refractivity contribution in [1.82, 2.24) is 20.1 Å². The molecule has 0 spiro atoms. The van der Waals surface area contributed by atoms with E-state index < -0.39 is 0 Å². The number of carbonyl (C=O) groups is 1. The molecular formula is C19H22N4OS. The van der Waals surface area contributed by atoms with Crippen molar-refractivity contribution >= 4 is 17.2 Å². The molecule has 0 bridgehead atoms. The first kappa shape index (κ1) is 17.4. The largest absolute Gasteiger partial charge is 0.349 e. The van der Waals surface area contributed by atoms with E-state index in [-0.39, 0.29) is 11.9 Å². The minimum absolute atomic E-state index is 0.0210. The maximum atomic E-state index is 12.3. The second-order valence-electron chi connectivity index (χ2n) is 6.17. The predicted octanol–water partition coefficient (Wildman–Crippen LogP) is 3.20. The summed E-state index contributed by atoms with van der Waals surface area (Å²) < 4.78 is 1.81. The monoisotopic (exact) mass is 354 g/mol. The van der Waals surface area contributed by atoms with Crippen molar-refractivity contribution in [3.05, 3.63) is 69.4 Å². The van der Waals surface area contributed by atoms with Gasteiger partial charge in [-0.1, -0.05) is 30.3 Å². The molecular weight excluding hydrogens is 332 g/mol. The summed E-state index contributed by atoms with van der Waals surface area (Å²) in [6, 6.07) is 10.2. The quantitative estimate of drug-likeness (QED) is 0.739. The number of benzene rings is 1. The van der Waals surface area contributed by atoms with Crippen LogP contribution in [0.15, 0.2) is 41.9 Å². The van der Waals surface area contributed by atoms with Gasteiger partial charge in [-0.15, -0.1) is 11.3 Å². The molecule has 0 aliphatic rings. The first-order valence-electron chi connectivity index (χ1n) is 8.28. The number of nitrogens with zero attached hydrogens (tertiary/aromatic N) is 3. The highest BCUT2D eigenvalue weighted by Crippen LogP contribution is 2.17. The molecule has 130 valence electrons. The van der Waals surface area contributed by atoms with Gasteiger partial charge in [-0.25, -0.2) is 4.98 Å². The summed E-state index contributed by atoms with van der Waals surface area (Å²) in [7, 11) is 1.90. The molecule has 6 heteroatoms. The number of rotatable bonds is 6. The van der Waals surface area contributed by atoms with Crippen LogP contribution in [0.5, 0.6) is 0 Å². The van der Waals surface area contributed by atoms with Crippen LogP contribution in [0.2, 0.25) is 0 Å². The molecule has 3 rings (SSSR count). The summed E-state index contributed by atoms with van der Waals surface area (Å²) in [5.74, 6) is -0.0210. The summed E-state index contributed by atoms with van der Waals surface area (Å²) in [6.07, 6.45) is 2.91. The summed E-state index contributed by atoms with van der Waals surface area (Å²) in [4.78, 5) is 16.9. The normalized spacial score (nSPS) is 12.1. The zero-order valence-corrected chi connectivity index (χ0v) is 15.5. The second-order valence-corrected chi connectivity index (χ2v) is 7.11. The Morgan fingerprint density at radius 1 is 1.32 bits per heavy atom. The van der Waals surface area contributed by atoms with E-state index >= 15 is 0 Å². The lowest BCUT2D eigenvalue weighted by Gasteiger charge is -2.13. The summed E-state index contributed by atoms with van der Waals surface area (Å²) in [6.45, 7) is 3.98. The van der Waals surface area contributed by atoms with Crippen molar-refractivity contribution in [2.24, 2.45) is 7.05 Å². The van der Waals surface area contributed by atoms with Gasteiger partial charge in [0.1, 0.15) is 0 Å². The third kappa shape index (κ3) is 4.33.